The minimum absolute atomic E-state index is 0.167. The van der Waals surface area contributed by atoms with Gasteiger partial charge in [0.15, 0.2) is 0 Å². The third-order valence-electron chi connectivity index (χ3n) is 4.00. The number of benzene rings is 1. The van der Waals surface area contributed by atoms with Gasteiger partial charge in [0.25, 0.3) is 0 Å². The van der Waals surface area contributed by atoms with E-state index in [1.807, 2.05) is 0 Å². The molecular weight excluding hydrogens is 283 g/mol. The van der Waals surface area contributed by atoms with Gasteiger partial charge in [-0.25, -0.2) is 0 Å². The maximum absolute atomic E-state index is 12.1. The zero-order valence-electron chi connectivity index (χ0n) is 11.6. The fourth-order valence-corrected chi connectivity index (χ4v) is 2.86. The van der Waals surface area contributed by atoms with E-state index in [9.17, 15) is 18.3 Å². The normalized spacial score (nSPS) is 20.0. The highest BCUT2D eigenvalue weighted by molar-refractivity contribution is 5.29. The Morgan fingerprint density at radius 1 is 1.10 bits per heavy atom. The zero-order chi connectivity index (χ0) is 15.5. The lowest BCUT2D eigenvalue weighted by Gasteiger charge is -2.30. The van der Waals surface area contributed by atoms with Crippen LogP contribution in [-0.4, -0.2) is 17.6 Å². The Bertz CT molecular complexity index is 441. The molecule has 1 fully saturated rings. The summed E-state index contributed by atoms with van der Waals surface area (Å²) >= 11 is 0. The second kappa shape index (κ2) is 6.66. The summed E-state index contributed by atoms with van der Waals surface area (Å²) in [5, 5.41) is 10.3. The standard InChI is InChI=1S/C15H20F3NO2/c16-15(17,18)21-12-8-6-10(7-9-12)13(19)14(20)11-4-2-1-3-5-11/h6-9,11,13-14,20H,1-5,19H2/t13-,14+/m0/s1. The summed E-state index contributed by atoms with van der Waals surface area (Å²) in [4.78, 5) is 0. The molecule has 0 radical (unpaired) electrons. The molecule has 6 heteroatoms. The molecule has 1 aromatic carbocycles. The van der Waals surface area contributed by atoms with Crippen LogP contribution in [0.15, 0.2) is 24.3 Å². The van der Waals surface area contributed by atoms with Gasteiger partial charge in [0, 0.05) is 0 Å². The molecule has 1 aromatic rings. The van der Waals surface area contributed by atoms with Crippen LogP contribution in [0.2, 0.25) is 0 Å². The minimum atomic E-state index is -4.70. The minimum Gasteiger partial charge on any atom is -0.406 e. The van der Waals surface area contributed by atoms with Gasteiger partial charge in [0.05, 0.1) is 12.1 Å². The third kappa shape index (κ3) is 4.61. The number of nitrogens with two attached hydrogens (primary N) is 1. The molecule has 0 aromatic heterocycles. The van der Waals surface area contributed by atoms with Crippen LogP contribution in [0.25, 0.3) is 0 Å². The fourth-order valence-electron chi connectivity index (χ4n) is 2.86. The van der Waals surface area contributed by atoms with Crippen molar-refractivity contribution in [3.63, 3.8) is 0 Å². The van der Waals surface area contributed by atoms with E-state index in [0.717, 1.165) is 25.7 Å². The Kier molecular flexibility index (Phi) is 5.11. The van der Waals surface area contributed by atoms with Gasteiger partial charge in [-0.05, 0) is 36.5 Å². The number of aliphatic hydroxyl groups excluding tert-OH is 1. The Labute approximate surface area is 121 Å². The summed E-state index contributed by atoms with van der Waals surface area (Å²) in [5.41, 5.74) is 6.65. The summed E-state index contributed by atoms with van der Waals surface area (Å²) < 4.78 is 40.1. The van der Waals surface area contributed by atoms with Crippen molar-refractivity contribution < 1.29 is 23.0 Å². The number of halogens is 3. The highest BCUT2D eigenvalue weighted by Gasteiger charge is 2.31. The predicted molar refractivity (Wildman–Crippen MR) is 72.6 cm³/mol. The molecule has 0 amide bonds. The van der Waals surface area contributed by atoms with Gasteiger partial charge in [0.1, 0.15) is 5.75 Å². The Balaban J connectivity index is 2.00. The topological polar surface area (TPSA) is 55.5 Å². The number of aliphatic hydroxyl groups is 1. The number of alkyl halides is 3. The van der Waals surface area contributed by atoms with Gasteiger partial charge in [0.2, 0.25) is 0 Å². The van der Waals surface area contributed by atoms with Crippen molar-refractivity contribution in [1.82, 2.24) is 0 Å². The number of ether oxygens (including phenoxy) is 1. The zero-order valence-corrected chi connectivity index (χ0v) is 11.6. The molecule has 2 atom stereocenters. The van der Waals surface area contributed by atoms with Crippen LogP contribution < -0.4 is 10.5 Å². The predicted octanol–water partition coefficient (Wildman–Crippen LogP) is 3.53. The lowest BCUT2D eigenvalue weighted by molar-refractivity contribution is -0.274. The first-order chi connectivity index (χ1) is 9.87. The molecule has 1 aliphatic rings. The highest BCUT2D eigenvalue weighted by Crippen LogP contribution is 2.32. The van der Waals surface area contributed by atoms with E-state index in [4.69, 9.17) is 5.73 Å². The molecule has 21 heavy (non-hydrogen) atoms. The number of hydrogen-bond acceptors (Lipinski definition) is 3. The van der Waals surface area contributed by atoms with Gasteiger partial charge in [-0.2, -0.15) is 0 Å². The lowest BCUT2D eigenvalue weighted by Crippen LogP contribution is -2.34. The smallest absolute Gasteiger partial charge is 0.406 e. The van der Waals surface area contributed by atoms with E-state index in [1.54, 1.807) is 0 Å². The first kappa shape index (κ1) is 16.1. The SMILES string of the molecule is N[C@@H](c1ccc(OC(F)(F)F)cc1)[C@H](O)C1CCCCC1. The summed E-state index contributed by atoms with van der Waals surface area (Å²) in [6.45, 7) is 0. The van der Waals surface area contributed by atoms with Crippen LogP contribution in [0.3, 0.4) is 0 Å². The van der Waals surface area contributed by atoms with Gasteiger partial charge in [-0.3, -0.25) is 0 Å². The molecule has 0 aliphatic heterocycles. The molecule has 0 heterocycles. The summed E-state index contributed by atoms with van der Waals surface area (Å²) in [6, 6.07) is 4.79. The molecule has 2 rings (SSSR count). The van der Waals surface area contributed by atoms with Crippen molar-refractivity contribution in [2.45, 2.75) is 50.6 Å². The number of rotatable bonds is 4. The molecular formula is C15H20F3NO2. The summed E-state index contributed by atoms with van der Waals surface area (Å²) in [7, 11) is 0. The first-order valence-corrected chi connectivity index (χ1v) is 7.16. The maximum Gasteiger partial charge on any atom is 0.573 e. The van der Waals surface area contributed by atoms with Crippen molar-refractivity contribution >= 4 is 0 Å². The van der Waals surface area contributed by atoms with Crippen molar-refractivity contribution in [3.05, 3.63) is 29.8 Å². The Hall–Kier alpha value is -1.27. The van der Waals surface area contributed by atoms with Crippen LogP contribution >= 0.6 is 0 Å². The van der Waals surface area contributed by atoms with E-state index in [0.29, 0.717) is 5.56 Å². The molecule has 0 saturated heterocycles. The molecule has 0 bridgehead atoms. The van der Waals surface area contributed by atoms with Crippen LogP contribution in [0.4, 0.5) is 13.2 Å². The fraction of sp³-hybridized carbons (Fsp3) is 0.600. The Morgan fingerprint density at radius 2 is 1.67 bits per heavy atom. The van der Waals surface area contributed by atoms with E-state index < -0.39 is 18.5 Å². The molecule has 0 spiro atoms. The molecule has 0 unspecified atom stereocenters. The van der Waals surface area contributed by atoms with Crippen LogP contribution in [0.5, 0.6) is 5.75 Å². The lowest BCUT2D eigenvalue weighted by atomic mass is 9.81. The molecule has 1 aliphatic carbocycles. The largest absolute Gasteiger partial charge is 0.573 e. The third-order valence-corrected chi connectivity index (χ3v) is 4.00. The summed E-state index contributed by atoms with van der Waals surface area (Å²) in [5.74, 6) is -0.120. The second-order valence-corrected chi connectivity index (χ2v) is 5.53. The van der Waals surface area contributed by atoms with E-state index >= 15 is 0 Å². The monoisotopic (exact) mass is 303 g/mol. The average molecular weight is 303 g/mol. The molecule has 118 valence electrons. The van der Waals surface area contributed by atoms with E-state index in [1.165, 1.54) is 30.7 Å². The molecule has 1 saturated carbocycles. The van der Waals surface area contributed by atoms with E-state index in [-0.39, 0.29) is 11.7 Å². The van der Waals surface area contributed by atoms with E-state index in [2.05, 4.69) is 4.74 Å². The summed E-state index contributed by atoms with van der Waals surface area (Å²) in [6.07, 6.45) is -0.110. The van der Waals surface area contributed by atoms with Gasteiger partial charge >= 0.3 is 6.36 Å². The van der Waals surface area contributed by atoms with Crippen molar-refractivity contribution in [1.29, 1.82) is 0 Å². The van der Waals surface area contributed by atoms with Crippen molar-refractivity contribution in [2.24, 2.45) is 11.7 Å². The second-order valence-electron chi connectivity index (χ2n) is 5.53. The first-order valence-electron chi connectivity index (χ1n) is 7.16. The van der Waals surface area contributed by atoms with Gasteiger partial charge < -0.3 is 15.6 Å². The maximum atomic E-state index is 12.1. The quantitative estimate of drug-likeness (QED) is 0.894. The van der Waals surface area contributed by atoms with Crippen LogP contribution in [-0.2, 0) is 0 Å². The average Bonchev–Trinajstić information content (AvgIpc) is 2.46. The van der Waals surface area contributed by atoms with Crippen molar-refractivity contribution in [3.8, 4) is 5.75 Å². The van der Waals surface area contributed by atoms with Crippen LogP contribution in [0.1, 0.15) is 43.7 Å². The van der Waals surface area contributed by atoms with Gasteiger partial charge in [-0.1, -0.05) is 31.4 Å². The molecule has 3 N–H and O–H groups in total. The van der Waals surface area contributed by atoms with Crippen LogP contribution in [0, 0.1) is 5.92 Å². The number of hydrogen-bond donors (Lipinski definition) is 2. The van der Waals surface area contributed by atoms with Crippen molar-refractivity contribution in [2.75, 3.05) is 0 Å². The highest BCUT2D eigenvalue weighted by atomic mass is 19.4. The van der Waals surface area contributed by atoms with Gasteiger partial charge in [-0.15, -0.1) is 13.2 Å². The Morgan fingerprint density at radius 3 is 2.19 bits per heavy atom. The molecule has 3 nitrogen and oxygen atoms in total.